The largest absolute Gasteiger partial charge is 0.378 e. The topological polar surface area (TPSA) is 76.4 Å². The summed E-state index contributed by atoms with van der Waals surface area (Å²) in [6.07, 6.45) is 5.82. The van der Waals surface area contributed by atoms with Crippen LogP contribution < -0.4 is 10.6 Å². The van der Waals surface area contributed by atoms with Crippen molar-refractivity contribution in [2.24, 2.45) is 10.4 Å². The number of nitrogens with zero attached hydrogens (tertiary/aromatic N) is 4. The van der Waals surface area contributed by atoms with Gasteiger partial charge in [0, 0.05) is 31.7 Å². The molecule has 2 N–H and O–H groups in total. The Kier molecular flexibility index (Phi) is 5.85. The summed E-state index contributed by atoms with van der Waals surface area (Å²) in [5.74, 6) is 2.70. The molecule has 0 amide bonds. The number of aryl methyl sites for hydroxylation is 2. The molecule has 0 bridgehead atoms. The number of rotatable bonds is 6. The molecule has 3 atom stereocenters. The second-order valence-corrected chi connectivity index (χ2v) is 8.12. The molecule has 1 fully saturated rings. The predicted octanol–water partition coefficient (Wildman–Crippen LogP) is 2.57. The summed E-state index contributed by atoms with van der Waals surface area (Å²) in [5.41, 5.74) is 0.106. The first-order chi connectivity index (χ1) is 12.5. The number of nitrogens with one attached hydrogen (secondary N) is 2. The second-order valence-electron chi connectivity index (χ2n) is 8.12. The van der Waals surface area contributed by atoms with E-state index in [2.05, 4.69) is 46.5 Å². The van der Waals surface area contributed by atoms with Crippen molar-refractivity contribution in [3.8, 4) is 0 Å². The number of fused-ring (bicyclic) bond motifs is 1. The average Bonchev–Trinajstić information content (AvgIpc) is 3.00. The van der Waals surface area contributed by atoms with Crippen molar-refractivity contribution in [1.82, 2.24) is 25.4 Å². The fourth-order valence-corrected chi connectivity index (χ4v) is 3.89. The molecule has 3 unspecified atom stereocenters. The molecule has 0 saturated heterocycles. The Hall–Kier alpha value is -1.63. The lowest BCUT2D eigenvalue weighted by molar-refractivity contribution is -0.113. The quantitative estimate of drug-likeness (QED) is 0.462. The number of hydrogen-bond acceptors (Lipinski definition) is 4. The summed E-state index contributed by atoms with van der Waals surface area (Å²) >= 11 is 0. The van der Waals surface area contributed by atoms with E-state index in [1.54, 1.807) is 0 Å². The highest BCUT2D eigenvalue weighted by Crippen LogP contribution is 2.42. The van der Waals surface area contributed by atoms with Gasteiger partial charge < -0.3 is 15.4 Å². The molecule has 0 aromatic carbocycles. The fraction of sp³-hybridized carbons (Fsp3) is 0.842. The summed E-state index contributed by atoms with van der Waals surface area (Å²) < 4.78 is 8.08. The highest BCUT2D eigenvalue weighted by Gasteiger charge is 2.49. The standard InChI is InChI=1S/C19H34N6O/c1-6-7-11-26-16-12-15(19(16,3)4)23-18(20-5)22-14-9-8-10-25-17(14)21-13(2)24-25/h14-16H,6-12H2,1-5H3,(H2,20,22,23). The minimum absolute atomic E-state index is 0.106. The highest BCUT2D eigenvalue weighted by molar-refractivity contribution is 5.80. The van der Waals surface area contributed by atoms with E-state index < -0.39 is 0 Å². The molecule has 1 aromatic rings. The van der Waals surface area contributed by atoms with Gasteiger partial charge in [-0.1, -0.05) is 27.2 Å². The Labute approximate surface area is 157 Å². The third-order valence-electron chi connectivity index (χ3n) is 5.82. The van der Waals surface area contributed by atoms with Crippen molar-refractivity contribution in [1.29, 1.82) is 0 Å². The molecule has 0 radical (unpaired) electrons. The minimum atomic E-state index is 0.106. The predicted molar refractivity (Wildman–Crippen MR) is 103 cm³/mol. The maximum atomic E-state index is 6.06. The Bertz CT molecular complexity index is 638. The van der Waals surface area contributed by atoms with Crippen molar-refractivity contribution in [2.45, 2.75) is 84.5 Å². The third kappa shape index (κ3) is 3.87. The number of unbranched alkanes of at least 4 members (excludes halogenated alkanes) is 1. The Balaban J connectivity index is 1.56. The first-order valence-corrected chi connectivity index (χ1v) is 9.98. The van der Waals surface area contributed by atoms with Crippen LogP contribution in [0.2, 0.25) is 0 Å². The Morgan fingerprint density at radius 3 is 2.88 bits per heavy atom. The van der Waals surface area contributed by atoms with Crippen molar-refractivity contribution < 1.29 is 4.74 Å². The van der Waals surface area contributed by atoms with Crippen molar-refractivity contribution in [3.05, 3.63) is 11.6 Å². The molecule has 7 heteroatoms. The maximum absolute atomic E-state index is 6.06. The first-order valence-electron chi connectivity index (χ1n) is 9.98. The molecule has 1 aliphatic heterocycles. The van der Waals surface area contributed by atoms with Gasteiger partial charge in [0.05, 0.1) is 12.1 Å². The number of ether oxygens (including phenoxy) is 1. The van der Waals surface area contributed by atoms with Gasteiger partial charge in [-0.3, -0.25) is 4.99 Å². The number of aromatic nitrogens is 3. The SMILES string of the molecule is CCCCOC1CC(NC(=NC)NC2CCCn3nc(C)nc32)C1(C)C. The average molecular weight is 363 g/mol. The summed E-state index contributed by atoms with van der Waals surface area (Å²) in [7, 11) is 1.83. The van der Waals surface area contributed by atoms with Gasteiger partial charge in [0.15, 0.2) is 5.96 Å². The van der Waals surface area contributed by atoms with Crippen LogP contribution in [0.5, 0.6) is 0 Å². The van der Waals surface area contributed by atoms with Crippen LogP contribution in [0.4, 0.5) is 0 Å². The Morgan fingerprint density at radius 1 is 1.38 bits per heavy atom. The van der Waals surface area contributed by atoms with Crippen LogP contribution >= 0.6 is 0 Å². The summed E-state index contributed by atoms with van der Waals surface area (Å²) in [5, 5.41) is 11.6. The van der Waals surface area contributed by atoms with Crippen LogP contribution in [-0.2, 0) is 11.3 Å². The van der Waals surface area contributed by atoms with Gasteiger partial charge in [-0.2, -0.15) is 5.10 Å². The molecular formula is C19H34N6O. The zero-order valence-electron chi connectivity index (χ0n) is 16.9. The second kappa shape index (κ2) is 7.94. The lowest BCUT2D eigenvalue weighted by Gasteiger charge is -2.52. The van der Waals surface area contributed by atoms with Gasteiger partial charge in [-0.05, 0) is 32.6 Å². The number of hydrogen-bond donors (Lipinski definition) is 2. The molecule has 1 saturated carbocycles. The number of guanidine groups is 1. The molecule has 0 spiro atoms. The Morgan fingerprint density at radius 2 is 2.19 bits per heavy atom. The van der Waals surface area contributed by atoms with E-state index in [9.17, 15) is 0 Å². The molecule has 2 heterocycles. The molecule has 1 aromatic heterocycles. The van der Waals surface area contributed by atoms with Gasteiger partial charge in [0.25, 0.3) is 0 Å². The third-order valence-corrected chi connectivity index (χ3v) is 5.82. The van der Waals surface area contributed by atoms with Crippen LogP contribution in [0.1, 0.15) is 70.6 Å². The minimum Gasteiger partial charge on any atom is -0.378 e. The first kappa shape index (κ1) is 19.1. The van der Waals surface area contributed by atoms with Crippen molar-refractivity contribution in [2.75, 3.05) is 13.7 Å². The van der Waals surface area contributed by atoms with Crippen LogP contribution in [0.15, 0.2) is 4.99 Å². The zero-order valence-corrected chi connectivity index (χ0v) is 16.9. The molecule has 146 valence electrons. The lowest BCUT2D eigenvalue weighted by Crippen LogP contribution is -2.63. The highest BCUT2D eigenvalue weighted by atomic mass is 16.5. The van der Waals surface area contributed by atoms with E-state index in [0.29, 0.717) is 12.1 Å². The zero-order chi connectivity index (χ0) is 18.7. The lowest BCUT2D eigenvalue weighted by atomic mass is 9.64. The van der Waals surface area contributed by atoms with Gasteiger partial charge in [0.2, 0.25) is 0 Å². The summed E-state index contributed by atoms with van der Waals surface area (Å²) in [6, 6.07) is 0.527. The van der Waals surface area contributed by atoms with Gasteiger partial charge in [-0.15, -0.1) is 0 Å². The molecule has 3 rings (SSSR count). The smallest absolute Gasteiger partial charge is 0.191 e. The van der Waals surface area contributed by atoms with Gasteiger partial charge in [-0.25, -0.2) is 9.67 Å². The van der Waals surface area contributed by atoms with E-state index >= 15 is 0 Å². The molecule has 26 heavy (non-hydrogen) atoms. The van der Waals surface area contributed by atoms with Gasteiger partial charge in [0.1, 0.15) is 11.6 Å². The van der Waals surface area contributed by atoms with Crippen LogP contribution in [-0.4, -0.2) is 46.5 Å². The normalized spacial score (nSPS) is 27.6. The molecule has 7 nitrogen and oxygen atoms in total. The molecule has 1 aliphatic carbocycles. The van der Waals surface area contributed by atoms with E-state index in [4.69, 9.17) is 4.74 Å². The molecule has 2 aliphatic rings. The van der Waals surface area contributed by atoms with Crippen molar-refractivity contribution in [3.63, 3.8) is 0 Å². The van der Waals surface area contributed by atoms with Crippen LogP contribution in [0, 0.1) is 12.3 Å². The van der Waals surface area contributed by atoms with E-state index in [-0.39, 0.29) is 11.5 Å². The van der Waals surface area contributed by atoms with Gasteiger partial charge >= 0.3 is 0 Å². The fourth-order valence-electron chi connectivity index (χ4n) is 3.89. The van der Waals surface area contributed by atoms with Crippen LogP contribution in [0.3, 0.4) is 0 Å². The van der Waals surface area contributed by atoms with E-state index in [1.165, 1.54) is 6.42 Å². The summed E-state index contributed by atoms with van der Waals surface area (Å²) in [6.45, 7) is 10.5. The van der Waals surface area contributed by atoms with Crippen molar-refractivity contribution >= 4 is 5.96 Å². The van der Waals surface area contributed by atoms with E-state index in [0.717, 1.165) is 56.4 Å². The summed E-state index contributed by atoms with van der Waals surface area (Å²) in [4.78, 5) is 9.05. The number of aliphatic imine (C=N–C) groups is 1. The van der Waals surface area contributed by atoms with Crippen LogP contribution in [0.25, 0.3) is 0 Å². The van der Waals surface area contributed by atoms with E-state index in [1.807, 2.05) is 18.7 Å². The monoisotopic (exact) mass is 362 g/mol. The molecular weight excluding hydrogens is 328 g/mol. The maximum Gasteiger partial charge on any atom is 0.191 e.